The van der Waals surface area contributed by atoms with E-state index >= 15 is 0 Å². The van der Waals surface area contributed by atoms with E-state index in [1.807, 2.05) is 13.8 Å². The van der Waals surface area contributed by atoms with Crippen molar-refractivity contribution >= 4 is 33.7 Å². The minimum atomic E-state index is -1.40. The molecule has 0 bridgehead atoms. The maximum absolute atomic E-state index is 12.9. The lowest BCUT2D eigenvalue weighted by atomic mass is 9.44. The number of alkyl halides is 1. The highest BCUT2D eigenvalue weighted by molar-refractivity contribution is 9.09. The second kappa shape index (κ2) is 7.41. The van der Waals surface area contributed by atoms with Gasteiger partial charge in [0.05, 0.1) is 12.4 Å². The summed E-state index contributed by atoms with van der Waals surface area (Å²) in [6.45, 7) is 6.13. The molecule has 0 heterocycles. The van der Waals surface area contributed by atoms with Gasteiger partial charge in [-0.2, -0.15) is 0 Å². The number of rotatable bonds is 3. The van der Waals surface area contributed by atoms with Gasteiger partial charge in [0.15, 0.2) is 11.6 Å². The number of ketones is 2. The zero-order valence-corrected chi connectivity index (χ0v) is 20.4. The molecule has 0 unspecified atom stereocenters. The van der Waals surface area contributed by atoms with E-state index in [0.29, 0.717) is 32.1 Å². The van der Waals surface area contributed by atoms with Crippen molar-refractivity contribution in [1.29, 1.82) is 0 Å². The van der Waals surface area contributed by atoms with Crippen molar-refractivity contribution in [3.8, 4) is 0 Å². The molecule has 172 valence electrons. The highest BCUT2D eigenvalue weighted by atomic mass is 79.9. The van der Waals surface area contributed by atoms with E-state index in [1.165, 1.54) is 7.11 Å². The summed E-state index contributed by atoms with van der Waals surface area (Å²) in [5.41, 5.74) is -2.20. The number of hydrogen-bond donors (Lipinski definition) is 1. The monoisotopic (exact) mass is 496 g/mol. The molecule has 3 saturated carbocycles. The summed E-state index contributed by atoms with van der Waals surface area (Å²) in [5.74, 6) is -0.201. The summed E-state index contributed by atoms with van der Waals surface area (Å²) in [4.78, 5) is 37.6. The number of carbonyl (C=O) groups is 3. The largest absolute Gasteiger partial charge is 0.508 e. The van der Waals surface area contributed by atoms with E-state index in [4.69, 9.17) is 9.47 Å². The molecule has 3 fully saturated rings. The molecule has 0 aliphatic heterocycles. The van der Waals surface area contributed by atoms with Gasteiger partial charge in [0.1, 0.15) is 11.2 Å². The van der Waals surface area contributed by atoms with Gasteiger partial charge in [-0.1, -0.05) is 42.3 Å². The van der Waals surface area contributed by atoms with Crippen LogP contribution in [-0.2, 0) is 19.1 Å². The van der Waals surface area contributed by atoms with E-state index in [2.05, 4.69) is 22.9 Å². The van der Waals surface area contributed by atoms with Gasteiger partial charge in [-0.05, 0) is 56.4 Å². The van der Waals surface area contributed by atoms with Crippen molar-refractivity contribution < 1.29 is 29.0 Å². The van der Waals surface area contributed by atoms with Crippen LogP contribution >= 0.6 is 15.9 Å². The quantitative estimate of drug-likeness (QED) is 0.460. The summed E-state index contributed by atoms with van der Waals surface area (Å²) in [5, 5.41) is 11.9. The second-order valence-corrected chi connectivity index (χ2v) is 11.1. The van der Waals surface area contributed by atoms with Crippen LogP contribution in [0.4, 0.5) is 4.79 Å². The molecule has 7 heteroatoms. The summed E-state index contributed by atoms with van der Waals surface area (Å²) >= 11 is 3.27. The van der Waals surface area contributed by atoms with Crippen LogP contribution in [-0.4, -0.2) is 46.5 Å². The van der Waals surface area contributed by atoms with Crippen LogP contribution in [0.5, 0.6) is 0 Å². The average molecular weight is 497 g/mol. The third-order valence-electron chi connectivity index (χ3n) is 9.66. The fourth-order valence-corrected chi connectivity index (χ4v) is 8.37. The number of hydrogen-bond acceptors (Lipinski definition) is 6. The Bertz CT molecular complexity index is 853. The number of aliphatic hydroxyl groups is 1. The SMILES string of the molecule is COC(=O)O[C@]12CC[C@@]3(C)[C@@H](C[C@H](C)[C@@]3(O)C(=O)CBr)[C@@H]1CCC1=CC(=O)CC[C@@]12C. The van der Waals surface area contributed by atoms with E-state index in [1.54, 1.807) is 6.08 Å². The standard InChI is InChI=1S/C24H33BrO6/c1-14-11-18-17-6-5-15-12-16(26)7-8-21(15,2)23(17,31-20(28)30-4)10-9-22(18,3)24(14,29)19(27)13-25/h12,14,17-18,29H,5-11,13H2,1-4H3/t14-,17-,18-,21-,22-,23+,24+/m0/s1. The van der Waals surface area contributed by atoms with E-state index in [-0.39, 0.29) is 34.7 Å². The fraction of sp³-hybridized carbons (Fsp3) is 0.792. The van der Waals surface area contributed by atoms with Gasteiger partial charge in [0, 0.05) is 23.2 Å². The molecule has 0 saturated heterocycles. The first-order valence-electron chi connectivity index (χ1n) is 11.3. The zero-order valence-electron chi connectivity index (χ0n) is 18.8. The topological polar surface area (TPSA) is 89.9 Å². The molecular formula is C24H33BrO6. The predicted molar refractivity (Wildman–Crippen MR) is 118 cm³/mol. The molecule has 0 spiro atoms. The van der Waals surface area contributed by atoms with Gasteiger partial charge in [-0.25, -0.2) is 4.79 Å². The van der Waals surface area contributed by atoms with Crippen molar-refractivity contribution in [2.75, 3.05) is 12.4 Å². The third-order valence-corrected chi connectivity index (χ3v) is 10.2. The Kier molecular flexibility index (Phi) is 5.49. The number of fused-ring (bicyclic) bond motifs is 5. The Labute approximate surface area is 192 Å². The van der Waals surface area contributed by atoms with Gasteiger partial charge in [0.2, 0.25) is 0 Å². The molecule has 0 amide bonds. The lowest BCUT2D eigenvalue weighted by molar-refractivity contribution is -0.216. The Morgan fingerprint density at radius 3 is 2.55 bits per heavy atom. The second-order valence-electron chi connectivity index (χ2n) is 10.5. The van der Waals surface area contributed by atoms with Crippen molar-refractivity contribution in [3.05, 3.63) is 11.6 Å². The van der Waals surface area contributed by atoms with Crippen LogP contribution in [0.1, 0.15) is 65.7 Å². The maximum atomic E-state index is 12.9. The molecule has 4 aliphatic rings. The van der Waals surface area contributed by atoms with E-state index < -0.39 is 28.2 Å². The van der Waals surface area contributed by atoms with Gasteiger partial charge < -0.3 is 14.6 Å². The molecular weight excluding hydrogens is 464 g/mol. The minimum absolute atomic E-state index is 0.0136. The number of carbonyl (C=O) groups excluding carboxylic acids is 3. The van der Waals surface area contributed by atoms with Crippen LogP contribution in [0.25, 0.3) is 0 Å². The number of methoxy groups -OCH3 is 1. The molecule has 0 radical (unpaired) electrons. The van der Waals surface area contributed by atoms with Crippen LogP contribution in [0.3, 0.4) is 0 Å². The zero-order chi connectivity index (χ0) is 22.8. The summed E-state index contributed by atoms with van der Waals surface area (Å²) in [7, 11) is 1.32. The number of halogens is 1. The molecule has 0 aromatic heterocycles. The van der Waals surface area contributed by atoms with Gasteiger partial charge in [0.25, 0.3) is 0 Å². The summed E-state index contributed by atoms with van der Waals surface area (Å²) in [6, 6.07) is 0. The van der Waals surface area contributed by atoms with Gasteiger partial charge in [-0.3, -0.25) is 9.59 Å². The minimum Gasteiger partial charge on any atom is -0.438 e. The molecule has 31 heavy (non-hydrogen) atoms. The predicted octanol–water partition coefficient (Wildman–Crippen LogP) is 4.37. The summed E-state index contributed by atoms with van der Waals surface area (Å²) in [6.07, 6.45) is 5.47. The molecule has 6 nitrogen and oxygen atoms in total. The Morgan fingerprint density at radius 2 is 1.90 bits per heavy atom. The van der Waals surface area contributed by atoms with Crippen molar-refractivity contribution in [2.45, 2.75) is 76.9 Å². The number of Topliss-reactive ketones (excluding diaryl/α,β-unsaturated/α-hetero) is 1. The molecule has 7 atom stereocenters. The molecule has 1 N–H and O–H groups in total. The lowest BCUT2D eigenvalue weighted by Crippen LogP contribution is -2.67. The van der Waals surface area contributed by atoms with Crippen LogP contribution in [0, 0.1) is 28.6 Å². The van der Waals surface area contributed by atoms with Crippen LogP contribution in [0.2, 0.25) is 0 Å². The van der Waals surface area contributed by atoms with Crippen LogP contribution in [0.15, 0.2) is 11.6 Å². The fourth-order valence-electron chi connectivity index (χ4n) is 7.94. The van der Waals surface area contributed by atoms with Crippen LogP contribution < -0.4 is 0 Å². The van der Waals surface area contributed by atoms with Crippen molar-refractivity contribution in [2.24, 2.45) is 28.6 Å². The van der Waals surface area contributed by atoms with E-state index in [0.717, 1.165) is 18.4 Å². The summed E-state index contributed by atoms with van der Waals surface area (Å²) < 4.78 is 11.1. The molecule has 0 aromatic carbocycles. The van der Waals surface area contributed by atoms with Crippen molar-refractivity contribution in [1.82, 2.24) is 0 Å². The third kappa shape index (κ3) is 2.81. The number of ether oxygens (including phenoxy) is 2. The first kappa shape index (κ1) is 23.0. The normalized spacial score (nSPS) is 46.3. The Balaban J connectivity index is 1.84. The Morgan fingerprint density at radius 1 is 1.19 bits per heavy atom. The first-order valence-corrected chi connectivity index (χ1v) is 12.4. The Hall–Kier alpha value is -1.21. The highest BCUT2D eigenvalue weighted by Crippen LogP contribution is 2.71. The first-order chi connectivity index (χ1) is 14.5. The van der Waals surface area contributed by atoms with E-state index in [9.17, 15) is 19.5 Å². The average Bonchev–Trinajstić information content (AvgIpc) is 2.95. The molecule has 0 aromatic rings. The van der Waals surface area contributed by atoms with Gasteiger partial charge >= 0.3 is 6.16 Å². The molecule has 4 rings (SSSR count). The smallest absolute Gasteiger partial charge is 0.438 e. The lowest BCUT2D eigenvalue weighted by Gasteiger charge is -2.64. The molecule has 4 aliphatic carbocycles. The van der Waals surface area contributed by atoms with Crippen molar-refractivity contribution in [3.63, 3.8) is 0 Å². The maximum Gasteiger partial charge on any atom is 0.508 e. The highest BCUT2D eigenvalue weighted by Gasteiger charge is 2.73. The van der Waals surface area contributed by atoms with Gasteiger partial charge in [-0.15, -0.1) is 0 Å².